The van der Waals surface area contributed by atoms with Crippen molar-refractivity contribution in [2.45, 2.75) is 77.7 Å². The molecule has 0 spiro atoms. The highest BCUT2D eigenvalue weighted by Crippen LogP contribution is 2.63. The molecular weight excluding hydrogens is 456 g/mol. The quantitative estimate of drug-likeness (QED) is 0.445. The summed E-state index contributed by atoms with van der Waals surface area (Å²) in [5, 5.41) is 11.0. The Balaban J connectivity index is 0.000000892. The second kappa shape index (κ2) is 10.3. The molecule has 2 aromatic rings. The summed E-state index contributed by atoms with van der Waals surface area (Å²) in [6, 6.07) is 16.7. The number of ketones is 1. The van der Waals surface area contributed by atoms with Gasteiger partial charge < -0.3 is 9.84 Å². The van der Waals surface area contributed by atoms with E-state index < -0.39 is 0 Å². The number of fused-ring (bicyclic) bond motifs is 4. The van der Waals surface area contributed by atoms with Crippen LogP contribution < -0.4 is 4.74 Å². The summed E-state index contributed by atoms with van der Waals surface area (Å²) < 4.78 is 6.09. The van der Waals surface area contributed by atoms with Gasteiger partial charge in [0.2, 0.25) is 0 Å². The Morgan fingerprint density at radius 1 is 0.973 bits per heavy atom. The monoisotopic (exact) mass is 494 g/mol. The maximum atomic E-state index is 12.2. The van der Waals surface area contributed by atoms with Crippen LogP contribution in [-0.2, 0) is 4.79 Å². The number of carbonyl (C=O) groups is 1. The average Bonchev–Trinajstić information content (AvgIpc) is 3.19. The molecule has 2 fully saturated rings. The number of aliphatic hydroxyl groups is 1. The van der Waals surface area contributed by atoms with Crippen LogP contribution in [0.2, 0.25) is 0 Å². The molecule has 0 radical (unpaired) electrons. The first-order chi connectivity index (χ1) is 17.8. The van der Waals surface area contributed by atoms with E-state index in [9.17, 15) is 9.90 Å². The minimum Gasteiger partial charge on any atom is -0.457 e. The zero-order valence-corrected chi connectivity index (χ0v) is 22.3. The lowest BCUT2D eigenvalue weighted by atomic mass is 9.53. The van der Waals surface area contributed by atoms with E-state index in [1.807, 2.05) is 18.2 Å². The Morgan fingerprint density at radius 3 is 2.30 bits per heavy atom. The smallest absolute Gasteiger partial charge is 0.156 e. The number of hydrogen-bond acceptors (Lipinski definition) is 3. The first kappa shape index (κ1) is 25.6. The van der Waals surface area contributed by atoms with Gasteiger partial charge in [-0.15, -0.1) is 12.3 Å². The number of benzene rings is 2. The molecular formula is C34H38O3. The largest absolute Gasteiger partial charge is 0.457 e. The predicted octanol–water partition coefficient (Wildman–Crippen LogP) is 7.69. The molecule has 4 aliphatic carbocycles. The standard InChI is InChI=1S/C31H34O3.C3H4/c1-19-3-9-23(10-4-19)34-24-11-5-20(6-12-24)27-18-31(2)28(15-16-29(31)33)26-13-7-21-17-22(32)8-14-25(21)30(26)27;1-3-2/h3-6,9-12,17,26-29,33H,7-8,13-16,18H2,1-2H3;1H,2H3. The third-order valence-corrected chi connectivity index (χ3v) is 9.22. The Kier molecular flexibility index (Phi) is 7.15. The highest BCUT2D eigenvalue weighted by Gasteiger charge is 2.56. The molecule has 37 heavy (non-hydrogen) atoms. The van der Waals surface area contributed by atoms with E-state index in [1.54, 1.807) is 12.5 Å². The van der Waals surface area contributed by atoms with Gasteiger partial charge in [-0.05, 0) is 117 Å². The van der Waals surface area contributed by atoms with E-state index in [1.165, 1.54) is 22.3 Å². The molecule has 0 aromatic heterocycles. The molecule has 3 nitrogen and oxygen atoms in total. The van der Waals surface area contributed by atoms with Crippen LogP contribution in [0.15, 0.2) is 71.3 Å². The fourth-order valence-corrected chi connectivity index (χ4v) is 7.44. The van der Waals surface area contributed by atoms with Crippen LogP contribution in [0.3, 0.4) is 0 Å². The Morgan fingerprint density at radius 2 is 1.62 bits per heavy atom. The normalized spacial score (nSPS) is 30.1. The lowest BCUT2D eigenvalue weighted by Gasteiger charge is -2.52. The second-order valence-electron chi connectivity index (χ2n) is 11.4. The fraction of sp³-hybridized carbons (Fsp3) is 0.441. The summed E-state index contributed by atoms with van der Waals surface area (Å²) in [5.41, 5.74) is 6.81. The van der Waals surface area contributed by atoms with Gasteiger partial charge in [0.15, 0.2) is 5.78 Å². The minimum absolute atomic E-state index is 0.0395. The summed E-state index contributed by atoms with van der Waals surface area (Å²) in [7, 11) is 0. The first-order valence-corrected chi connectivity index (χ1v) is 13.7. The summed E-state index contributed by atoms with van der Waals surface area (Å²) in [4.78, 5) is 12.2. The van der Waals surface area contributed by atoms with Crippen LogP contribution in [0.4, 0.5) is 0 Å². The van der Waals surface area contributed by atoms with Crippen LogP contribution in [0.25, 0.3) is 0 Å². The molecule has 192 valence electrons. The molecule has 5 atom stereocenters. The van der Waals surface area contributed by atoms with Gasteiger partial charge in [-0.2, -0.15) is 0 Å². The molecule has 1 N–H and O–H groups in total. The van der Waals surface area contributed by atoms with Gasteiger partial charge in [0.1, 0.15) is 11.5 Å². The van der Waals surface area contributed by atoms with E-state index in [0.29, 0.717) is 24.2 Å². The summed E-state index contributed by atoms with van der Waals surface area (Å²) in [6.45, 7) is 6.06. The van der Waals surface area contributed by atoms with E-state index in [0.717, 1.165) is 50.0 Å². The molecule has 2 aromatic carbocycles. The molecule has 3 heteroatoms. The van der Waals surface area contributed by atoms with Crippen LogP contribution >= 0.6 is 0 Å². The molecule has 2 saturated carbocycles. The number of aryl methyl sites for hydroxylation is 1. The second-order valence-corrected chi connectivity index (χ2v) is 11.4. The lowest BCUT2D eigenvalue weighted by Crippen LogP contribution is -2.45. The van der Waals surface area contributed by atoms with Crippen LogP contribution in [-0.4, -0.2) is 17.0 Å². The van der Waals surface area contributed by atoms with E-state index in [2.05, 4.69) is 62.6 Å². The van der Waals surface area contributed by atoms with E-state index in [-0.39, 0.29) is 17.3 Å². The highest BCUT2D eigenvalue weighted by atomic mass is 16.5. The van der Waals surface area contributed by atoms with Crippen molar-refractivity contribution in [1.82, 2.24) is 0 Å². The SMILES string of the molecule is C#CC.Cc1ccc(Oc2ccc(C3CC4(C)C(O)CCC4C4CCC5=CC(=O)CCC5=C34)cc2)cc1. The number of allylic oxidation sites excluding steroid dienone is 4. The molecule has 0 heterocycles. The number of rotatable bonds is 3. The first-order valence-electron chi connectivity index (χ1n) is 13.7. The summed E-state index contributed by atoms with van der Waals surface area (Å²) >= 11 is 0. The van der Waals surface area contributed by atoms with Gasteiger partial charge in [0, 0.05) is 12.3 Å². The van der Waals surface area contributed by atoms with Crippen molar-refractivity contribution in [3.8, 4) is 23.8 Å². The molecule has 0 saturated heterocycles. The Labute approximate surface area is 221 Å². The third kappa shape index (κ3) is 4.80. The van der Waals surface area contributed by atoms with Gasteiger partial charge in [0.05, 0.1) is 6.10 Å². The fourth-order valence-electron chi connectivity index (χ4n) is 7.44. The number of carbonyl (C=O) groups excluding carboxylic acids is 1. The van der Waals surface area contributed by atoms with Gasteiger partial charge in [-0.3, -0.25) is 4.79 Å². The molecule has 6 rings (SSSR count). The van der Waals surface area contributed by atoms with Gasteiger partial charge in [0.25, 0.3) is 0 Å². The van der Waals surface area contributed by atoms with Crippen molar-refractivity contribution in [2.75, 3.05) is 0 Å². The Hall–Kier alpha value is -3.09. The Bertz CT molecular complexity index is 1260. The minimum atomic E-state index is -0.222. The number of hydrogen-bond donors (Lipinski definition) is 1. The van der Waals surface area contributed by atoms with Crippen molar-refractivity contribution in [1.29, 1.82) is 0 Å². The van der Waals surface area contributed by atoms with Gasteiger partial charge in [-0.25, -0.2) is 0 Å². The molecule has 4 aliphatic rings. The van der Waals surface area contributed by atoms with Crippen LogP contribution in [0.5, 0.6) is 11.5 Å². The average molecular weight is 495 g/mol. The third-order valence-electron chi connectivity index (χ3n) is 9.22. The van der Waals surface area contributed by atoms with Crippen molar-refractivity contribution >= 4 is 5.78 Å². The highest BCUT2D eigenvalue weighted by molar-refractivity contribution is 5.93. The molecule has 0 bridgehead atoms. The van der Waals surface area contributed by atoms with Crippen LogP contribution in [0, 0.1) is 36.5 Å². The van der Waals surface area contributed by atoms with Crippen molar-refractivity contribution in [3.63, 3.8) is 0 Å². The summed E-state index contributed by atoms with van der Waals surface area (Å²) in [6.07, 6.45) is 12.9. The summed E-state index contributed by atoms with van der Waals surface area (Å²) in [5.74, 6) is 5.58. The number of ether oxygens (including phenoxy) is 1. The molecule has 5 unspecified atom stereocenters. The maximum absolute atomic E-state index is 12.2. The number of terminal acetylenes is 1. The van der Waals surface area contributed by atoms with Crippen molar-refractivity contribution < 1.29 is 14.6 Å². The predicted molar refractivity (Wildman–Crippen MR) is 148 cm³/mol. The van der Waals surface area contributed by atoms with Crippen molar-refractivity contribution in [3.05, 3.63) is 82.5 Å². The molecule has 0 amide bonds. The maximum Gasteiger partial charge on any atom is 0.156 e. The zero-order chi connectivity index (χ0) is 26.2. The van der Waals surface area contributed by atoms with Crippen LogP contribution in [0.1, 0.15) is 75.8 Å². The lowest BCUT2D eigenvalue weighted by molar-refractivity contribution is -0.114. The topological polar surface area (TPSA) is 46.5 Å². The van der Waals surface area contributed by atoms with E-state index in [4.69, 9.17) is 4.74 Å². The van der Waals surface area contributed by atoms with Crippen molar-refractivity contribution in [2.24, 2.45) is 17.3 Å². The zero-order valence-electron chi connectivity index (χ0n) is 22.3. The molecule has 0 aliphatic heterocycles. The van der Waals surface area contributed by atoms with Gasteiger partial charge in [-0.1, -0.05) is 42.3 Å². The number of aliphatic hydroxyl groups excluding tert-OH is 1. The van der Waals surface area contributed by atoms with Gasteiger partial charge >= 0.3 is 0 Å². The van der Waals surface area contributed by atoms with E-state index >= 15 is 0 Å².